The number of hydrogen-bond acceptors (Lipinski definition) is 6. The molecular weight excluding hydrogens is 308 g/mol. The topological polar surface area (TPSA) is 88.4 Å². The van der Waals surface area contributed by atoms with Crippen LogP contribution in [0.5, 0.6) is 0 Å². The van der Waals surface area contributed by atoms with Crippen LogP contribution in [0, 0.1) is 0 Å². The predicted octanol–water partition coefficient (Wildman–Crippen LogP) is 0.568. The van der Waals surface area contributed by atoms with Crippen LogP contribution >= 0.6 is 0 Å². The molecule has 0 bridgehead atoms. The smallest absolute Gasteiger partial charge is 0.293 e. The van der Waals surface area contributed by atoms with Gasteiger partial charge in [-0.1, -0.05) is 12.1 Å². The van der Waals surface area contributed by atoms with E-state index < -0.39 is 5.54 Å². The molecule has 7 nitrogen and oxygen atoms in total. The van der Waals surface area contributed by atoms with Gasteiger partial charge in [0, 0.05) is 19.1 Å². The van der Waals surface area contributed by atoms with Crippen molar-refractivity contribution in [2.45, 2.75) is 32.0 Å². The molecule has 3 N–H and O–H groups in total. The van der Waals surface area contributed by atoms with E-state index in [2.05, 4.69) is 15.6 Å². The van der Waals surface area contributed by atoms with Crippen LogP contribution in [0.25, 0.3) is 11.0 Å². The van der Waals surface area contributed by atoms with E-state index in [1.165, 1.54) is 0 Å². The van der Waals surface area contributed by atoms with E-state index in [0.29, 0.717) is 32.1 Å². The highest BCUT2D eigenvalue weighted by molar-refractivity contribution is 5.76. The fourth-order valence-electron chi connectivity index (χ4n) is 3.16. The molecule has 0 amide bonds. The highest BCUT2D eigenvalue weighted by Crippen LogP contribution is 2.15. The minimum Gasteiger partial charge on any atom is -0.394 e. The molecule has 2 aromatic rings. The van der Waals surface area contributed by atoms with Crippen LogP contribution < -0.4 is 16.2 Å². The zero-order valence-electron chi connectivity index (χ0n) is 14.1. The van der Waals surface area contributed by atoms with Gasteiger partial charge in [-0.3, -0.25) is 4.79 Å². The Labute approximate surface area is 140 Å². The number of benzene rings is 1. The summed E-state index contributed by atoms with van der Waals surface area (Å²) in [5, 5.41) is 16.3. The molecule has 2 heterocycles. The molecule has 0 unspecified atom stereocenters. The van der Waals surface area contributed by atoms with Gasteiger partial charge < -0.3 is 25.0 Å². The number of aryl methyl sites for hydroxylation is 1. The van der Waals surface area contributed by atoms with Crippen LogP contribution in [-0.2, 0) is 11.3 Å². The second-order valence-corrected chi connectivity index (χ2v) is 6.35. The van der Waals surface area contributed by atoms with Gasteiger partial charge in [-0.25, -0.2) is 4.98 Å². The number of ether oxygens (including phenoxy) is 1. The molecule has 1 aliphatic heterocycles. The molecule has 0 radical (unpaired) electrons. The Kier molecular flexibility index (Phi) is 4.84. The Morgan fingerprint density at radius 2 is 2.29 bits per heavy atom. The van der Waals surface area contributed by atoms with Crippen molar-refractivity contribution in [3.63, 3.8) is 0 Å². The van der Waals surface area contributed by atoms with Gasteiger partial charge in [-0.15, -0.1) is 0 Å². The largest absolute Gasteiger partial charge is 0.394 e. The first-order valence-electron chi connectivity index (χ1n) is 8.28. The number of morpholine rings is 1. The van der Waals surface area contributed by atoms with Crippen LogP contribution in [0.15, 0.2) is 29.1 Å². The molecule has 3 rings (SSSR count). The molecule has 7 heteroatoms. The first kappa shape index (κ1) is 16.9. The number of hydrogen-bond donors (Lipinski definition) is 3. The number of rotatable bonds is 5. The van der Waals surface area contributed by atoms with Gasteiger partial charge in [-0.2, -0.15) is 0 Å². The van der Waals surface area contributed by atoms with E-state index in [9.17, 15) is 9.90 Å². The number of aromatic nitrogens is 2. The molecule has 0 spiro atoms. The van der Waals surface area contributed by atoms with Gasteiger partial charge in [0.25, 0.3) is 5.56 Å². The van der Waals surface area contributed by atoms with Crippen LogP contribution in [0.4, 0.5) is 5.82 Å². The molecule has 1 saturated heterocycles. The summed E-state index contributed by atoms with van der Waals surface area (Å²) in [6.07, 6.45) is 0. The van der Waals surface area contributed by atoms with Crippen LogP contribution in [-0.4, -0.2) is 52.6 Å². The Morgan fingerprint density at radius 3 is 3.00 bits per heavy atom. The van der Waals surface area contributed by atoms with Crippen LogP contribution in [0.1, 0.15) is 13.8 Å². The molecule has 1 aromatic carbocycles. The van der Waals surface area contributed by atoms with Crippen molar-refractivity contribution in [3.05, 3.63) is 34.6 Å². The van der Waals surface area contributed by atoms with E-state index in [1.54, 1.807) is 4.57 Å². The maximum atomic E-state index is 12.7. The molecule has 0 aliphatic carbocycles. The van der Waals surface area contributed by atoms with Gasteiger partial charge in [0.05, 0.1) is 36.4 Å². The average molecular weight is 332 g/mol. The standard InChI is InChI=1S/C17H24N4O3/c1-3-21-14-7-5-4-6-13(14)19-15(16(21)23)18-9-17(10-22)11-24-8-12(2)20-17/h4-7,12,20,22H,3,8-11H2,1-2H3,(H,18,19)/t12-,17+/m1/s1. The lowest BCUT2D eigenvalue weighted by molar-refractivity contribution is -0.0158. The zero-order valence-corrected chi connectivity index (χ0v) is 14.1. The van der Waals surface area contributed by atoms with E-state index in [-0.39, 0.29) is 18.2 Å². The van der Waals surface area contributed by atoms with E-state index in [4.69, 9.17) is 4.74 Å². The molecule has 0 saturated carbocycles. The summed E-state index contributed by atoms with van der Waals surface area (Å²) in [6, 6.07) is 7.72. The molecule has 1 aliphatic rings. The number of nitrogens with zero attached hydrogens (tertiary/aromatic N) is 2. The third kappa shape index (κ3) is 3.15. The lowest BCUT2D eigenvalue weighted by Gasteiger charge is -2.40. The molecule has 1 aromatic heterocycles. The number of fused-ring (bicyclic) bond motifs is 1. The fraction of sp³-hybridized carbons (Fsp3) is 0.529. The number of aliphatic hydroxyl groups is 1. The lowest BCUT2D eigenvalue weighted by Crippen LogP contribution is -2.64. The van der Waals surface area contributed by atoms with E-state index in [0.717, 1.165) is 11.0 Å². The Morgan fingerprint density at radius 1 is 1.50 bits per heavy atom. The van der Waals surface area contributed by atoms with Crippen molar-refractivity contribution in [1.29, 1.82) is 0 Å². The number of para-hydroxylation sites is 2. The van der Waals surface area contributed by atoms with Crippen molar-refractivity contribution >= 4 is 16.9 Å². The summed E-state index contributed by atoms with van der Waals surface area (Å²) in [5.41, 5.74) is 0.809. The summed E-state index contributed by atoms with van der Waals surface area (Å²) in [4.78, 5) is 17.1. The second kappa shape index (κ2) is 6.88. The average Bonchev–Trinajstić information content (AvgIpc) is 2.60. The van der Waals surface area contributed by atoms with Crippen LogP contribution in [0.3, 0.4) is 0 Å². The summed E-state index contributed by atoms with van der Waals surface area (Å²) in [5.74, 6) is 0.295. The van der Waals surface area contributed by atoms with Gasteiger partial charge in [0.15, 0.2) is 5.82 Å². The highest BCUT2D eigenvalue weighted by atomic mass is 16.5. The Balaban J connectivity index is 1.90. The van der Waals surface area contributed by atoms with Gasteiger partial charge in [-0.05, 0) is 26.0 Å². The van der Waals surface area contributed by atoms with Gasteiger partial charge in [0.1, 0.15) is 0 Å². The van der Waals surface area contributed by atoms with E-state index in [1.807, 2.05) is 38.1 Å². The minimum absolute atomic E-state index is 0.0834. The van der Waals surface area contributed by atoms with Crippen molar-refractivity contribution in [3.8, 4) is 0 Å². The maximum absolute atomic E-state index is 12.7. The molecule has 2 atom stereocenters. The molecule has 1 fully saturated rings. The van der Waals surface area contributed by atoms with Crippen molar-refractivity contribution in [1.82, 2.24) is 14.9 Å². The maximum Gasteiger partial charge on any atom is 0.293 e. The first-order chi connectivity index (χ1) is 11.6. The molecule has 24 heavy (non-hydrogen) atoms. The Hall–Kier alpha value is -1.96. The SMILES string of the molecule is CCn1c(=O)c(NC[C@]2(CO)COC[C@@H](C)N2)nc2ccccc21. The molecular formula is C17H24N4O3. The van der Waals surface area contributed by atoms with E-state index >= 15 is 0 Å². The van der Waals surface area contributed by atoms with Gasteiger partial charge in [0.2, 0.25) is 0 Å². The Bertz CT molecular complexity index is 776. The van der Waals surface area contributed by atoms with Gasteiger partial charge >= 0.3 is 0 Å². The van der Waals surface area contributed by atoms with Crippen molar-refractivity contribution < 1.29 is 9.84 Å². The third-order valence-electron chi connectivity index (χ3n) is 4.36. The number of aliphatic hydroxyl groups excluding tert-OH is 1. The predicted molar refractivity (Wildman–Crippen MR) is 93.4 cm³/mol. The number of nitrogens with one attached hydrogen (secondary N) is 2. The lowest BCUT2D eigenvalue weighted by atomic mass is 9.99. The fourth-order valence-corrected chi connectivity index (χ4v) is 3.16. The first-order valence-corrected chi connectivity index (χ1v) is 8.28. The molecule has 130 valence electrons. The summed E-state index contributed by atoms with van der Waals surface area (Å²) in [6.45, 7) is 5.78. The van der Waals surface area contributed by atoms with Crippen LogP contribution in [0.2, 0.25) is 0 Å². The summed E-state index contributed by atoms with van der Waals surface area (Å²) in [7, 11) is 0. The summed E-state index contributed by atoms with van der Waals surface area (Å²) >= 11 is 0. The minimum atomic E-state index is -0.617. The monoisotopic (exact) mass is 332 g/mol. The third-order valence-corrected chi connectivity index (χ3v) is 4.36. The highest BCUT2D eigenvalue weighted by Gasteiger charge is 2.35. The zero-order chi connectivity index (χ0) is 17.2. The van der Waals surface area contributed by atoms with Crippen molar-refractivity contribution in [2.75, 3.05) is 31.7 Å². The quantitative estimate of drug-likeness (QED) is 0.742. The summed E-state index contributed by atoms with van der Waals surface area (Å²) < 4.78 is 7.25. The normalized spacial score (nSPS) is 24.2. The second-order valence-electron chi connectivity index (χ2n) is 6.35. The van der Waals surface area contributed by atoms with Crippen molar-refractivity contribution in [2.24, 2.45) is 0 Å². The number of anilines is 1.